The molecule has 0 saturated carbocycles. The Kier molecular flexibility index (Phi) is 12.2. The zero-order chi connectivity index (χ0) is 39.8. The van der Waals surface area contributed by atoms with E-state index < -0.39 is 11.8 Å². The minimum atomic E-state index is -0.570. The van der Waals surface area contributed by atoms with E-state index in [0.717, 1.165) is 42.0 Å². The summed E-state index contributed by atoms with van der Waals surface area (Å²) >= 11 is 0. The summed E-state index contributed by atoms with van der Waals surface area (Å²) in [7, 11) is 0. The summed E-state index contributed by atoms with van der Waals surface area (Å²) < 4.78 is 1.15. The van der Waals surface area contributed by atoms with Crippen LogP contribution in [0.15, 0.2) is 85.1 Å². The Morgan fingerprint density at radius 1 is 0.875 bits per heavy atom. The maximum Gasteiger partial charge on any atom is 0.319 e. The van der Waals surface area contributed by atoms with Crippen molar-refractivity contribution < 1.29 is 24.0 Å². The van der Waals surface area contributed by atoms with Gasteiger partial charge in [0.15, 0.2) is 0 Å². The van der Waals surface area contributed by atoms with E-state index in [9.17, 15) is 24.0 Å². The van der Waals surface area contributed by atoms with E-state index in [-0.39, 0.29) is 17.8 Å². The van der Waals surface area contributed by atoms with Crippen LogP contribution in [-0.4, -0.2) is 82.0 Å². The molecule has 3 aromatic carbocycles. The van der Waals surface area contributed by atoms with Crippen molar-refractivity contribution in [3.05, 3.63) is 119 Å². The van der Waals surface area contributed by atoms with Gasteiger partial charge in [-0.2, -0.15) is 9.78 Å². The van der Waals surface area contributed by atoms with Crippen LogP contribution >= 0.6 is 0 Å². The van der Waals surface area contributed by atoms with E-state index in [1.807, 2.05) is 44.2 Å². The van der Waals surface area contributed by atoms with Crippen molar-refractivity contribution in [3.63, 3.8) is 0 Å². The van der Waals surface area contributed by atoms with Crippen LogP contribution in [0.2, 0.25) is 0 Å². The molecule has 0 atom stereocenters. The summed E-state index contributed by atoms with van der Waals surface area (Å²) in [6.07, 6.45) is 6.12. The third kappa shape index (κ3) is 9.10. The summed E-state index contributed by atoms with van der Waals surface area (Å²) in [6.45, 7) is 11.3. The molecule has 6 rings (SSSR count). The van der Waals surface area contributed by atoms with Crippen LogP contribution < -0.4 is 26.6 Å². The molecule has 14 nitrogen and oxygen atoms in total. The molecule has 0 unspecified atom stereocenters. The molecule has 0 bridgehead atoms. The molecular weight excluding hydrogens is 711 g/mol. The van der Waals surface area contributed by atoms with E-state index >= 15 is 0 Å². The molecule has 0 spiro atoms. The highest BCUT2D eigenvalue weighted by Crippen LogP contribution is 2.36. The zero-order valence-electron chi connectivity index (χ0n) is 31.8. The number of aryl methyl sites for hydroxylation is 1. The lowest BCUT2D eigenvalue weighted by Crippen LogP contribution is -2.35. The first-order chi connectivity index (χ1) is 27.0. The fourth-order valence-corrected chi connectivity index (χ4v) is 6.58. The predicted octanol–water partition coefficient (Wildman–Crippen LogP) is 5.74. The second-order valence-electron chi connectivity index (χ2n) is 13.3. The number of amides is 5. The number of hydrogen-bond donors (Lipinski definition) is 6. The topological polar surface area (TPSA) is 182 Å². The molecule has 0 radical (unpaired) electrons. The highest BCUT2D eigenvalue weighted by molar-refractivity contribution is 6.35. The number of carbonyl (C=O) groups is 5. The van der Waals surface area contributed by atoms with Crippen molar-refractivity contribution in [2.24, 2.45) is 0 Å². The lowest BCUT2D eigenvalue weighted by molar-refractivity contribution is -0.112. The van der Waals surface area contributed by atoms with E-state index in [0.29, 0.717) is 81.1 Å². The van der Waals surface area contributed by atoms with E-state index in [1.54, 1.807) is 42.5 Å². The molecular formula is C42H45N9O5. The molecule has 3 heterocycles. The smallest absolute Gasteiger partial charge is 0.319 e. The second-order valence-corrected chi connectivity index (χ2v) is 13.3. The summed E-state index contributed by atoms with van der Waals surface area (Å²) in [6, 6.07) is 19.5. The standard InChI is InChI=1S/C42H45N9O5/c1-5-50(6-2)21-20-43-41(55)39-26(3)35(46-27(39)4)24-33-32-22-30(14-15-34(32)49-40(33)54)47-37(52)16-17-38(53)51-36-23-31(13-12-29(36)25-45-51)48-42(56)44-19-18-28-10-8-7-9-11-28/h7-17,22-25,46H,5-6,18-21H2,1-4H3,(H,43,55)(H,47,52)(H,49,54)(H2,44,48,56)/b17-16+,33-24-. The molecule has 1 aliphatic heterocycles. The summed E-state index contributed by atoms with van der Waals surface area (Å²) in [5.41, 5.74) is 6.52. The Morgan fingerprint density at radius 3 is 2.39 bits per heavy atom. The zero-order valence-corrected chi connectivity index (χ0v) is 31.8. The monoisotopic (exact) mass is 755 g/mol. The van der Waals surface area contributed by atoms with Crippen LogP contribution in [0.25, 0.3) is 22.6 Å². The van der Waals surface area contributed by atoms with Gasteiger partial charge in [0, 0.05) is 71.2 Å². The fourth-order valence-electron chi connectivity index (χ4n) is 6.58. The molecule has 0 fully saturated rings. The number of fused-ring (bicyclic) bond motifs is 2. The average Bonchev–Trinajstić information content (AvgIpc) is 3.84. The van der Waals surface area contributed by atoms with Crippen molar-refractivity contribution in [2.75, 3.05) is 48.7 Å². The Morgan fingerprint density at radius 2 is 1.62 bits per heavy atom. The number of carbonyl (C=O) groups excluding carboxylic acids is 5. The molecule has 14 heteroatoms. The van der Waals surface area contributed by atoms with E-state index in [1.165, 1.54) is 6.20 Å². The van der Waals surface area contributed by atoms with Crippen LogP contribution in [0, 0.1) is 13.8 Å². The highest BCUT2D eigenvalue weighted by atomic mass is 16.2. The van der Waals surface area contributed by atoms with Crippen molar-refractivity contribution in [1.82, 2.24) is 30.3 Å². The lowest BCUT2D eigenvalue weighted by Gasteiger charge is -2.18. The molecule has 56 heavy (non-hydrogen) atoms. The SMILES string of the molecule is CCN(CC)CCNC(=O)c1c(C)[nH]c(/C=C2\C(=O)Nc3ccc(NC(=O)/C=C/C(=O)n4ncc5ccc(NC(=O)NCCc6ccccc6)cc54)cc32)c1C. The molecule has 0 saturated heterocycles. The first-order valence-corrected chi connectivity index (χ1v) is 18.5. The first kappa shape index (κ1) is 38.9. The van der Waals surface area contributed by atoms with Gasteiger partial charge in [-0.15, -0.1) is 0 Å². The quantitative estimate of drug-likeness (QED) is 0.0781. The third-order valence-electron chi connectivity index (χ3n) is 9.63. The molecule has 5 aromatic rings. The van der Waals surface area contributed by atoms with Gasteiger partial charge in [-0.1, -0.05) is 44.2 Å². The summed E-state index contributed by atoms with van der Waals surface area (Å²) in [4.78, 5) is 70.3. The van der Waals surface area contributed by atoms with Gasteiger partial charge in [-0.05, 0) is 87.0 Å². The third-order valence-corrected chi connectivity index (χ3v) is 9.63. The number of aromatic nitrogens is 3. The maximum absolute atomic E-state index is 13.1. The number of allylic oxidation sites excluding steroid dienone is 1. The van der Waals surface area contributed by atoms with Crippen molar-refractivity contribution in [2.45, 2.75) is 34.1 Å². The second kappa shape index (κ2) is 17.6. The molecule has 5 amide bonds. The molecule has 0 aliphatic carbocycles. The summed E-state index contributed by atoms with van der Waals surface area (Å²) in [5.74, 6) is -1.64. The number of benzene rings is 3. The Balaban J connectivity index is 1.09. The van der Waals surface area contributed by atoms with Crippen molar-refractivity contribution in [1.29, 1.82) is 0 Å². The van der Waals surface area contributed by atoms with Gasteiger partial charge in [0.2, 0.25) is 5.91 Å². The number of H-pyrrole nitrogens is 1. The molecule has 288 valence electrons. The molecule has 1 aliphatic rings. The number of nitrogens with one attached hydrogen (secondary N) is 6. The Labute approximate surface area is 324 Å². The summed E-state index contributed by atoms with van der Waals surface area (Å²) in [5, 5.41) is 19.1. The van der Waals surface area contributed by atoms with E-state index in [2.05, 4.69) is 55.4 Å². The maximum atomic E-state index is 13.1. The largest absolute Gasteiger partial charge is 0.358 e. The number of anilines is 3. The van der Waals surface area contributed by atoms with Crippen molar-refractivity contribution >= 4 is 69.3 Å². The van der Waals surface area contributed by atoms with Gasteiger partial charge in [-0.25, -0.2) is 4.79 Å². The minimum absolute atomic E-state index is 0.182. The first-order valence-electron chi connectivity index (χ1n) is 18.5. The molecule has 6 N–H and O–H groups in total. The normalized spacial score (nSPS) is 12.9. The fraction of sp³-hybridized carbons (Fsp3) is 0.238. The highest BCUT2D eigenvalue weighted by Gasteiger charge is 2.26. The Hall–Kier alpha value is -6.80. The van der Waals surface area contributed by atoms with Crippen LogP contribution in [0.1, 0.15) is 57.1 Å². The number of hydrogen-bond acceptors (Lipinski definition) is 7. The number of nitrogens with zero attached hydrogens (tertiary/aromatic N) is 3. The van der Waals surface area contributed by atoms with Gasteiger partial charge in [0.25, 0.3) is 17.7 Å². The van der Waals surface area contributed by atoms with Crippen LogP contribution in [-0.2, 0) is 16.0 Å². The lowest BCUT2D eigenvalue weighted by atomic mass is 10.0. The number of urea groups is 1. The minimum Gasteiger partial charge on any atom is -0.358 e. The van der Waals surface area contributed by atoms with Gasteiger partial charge in [-0.3, -0.25) is 19.2 Å². The predicted molar refractivity (Wildman–Crippen MR) is 219 cm³/mol. The van der Waals surface area contributed by atoms with Crippen LogP contribution in [0.3, 0.4) is 0 Å². The van der Waals surface area contributed by atoms with Crippen LogP contribution in [0.5, 0.6) is 0 Å². The van der Waals surface area contributed by atoms with Crippen molar-refractivity contribution in [3.8, 4) is 0 Å². The van der Waals surface area contributed by atoms with Gasteiger partial charge in [0.1, 0.15) is 0 Å². The van der Waals surface area contributed by atoms with E-state index in [4.69, 9.17) is 0 Å². The average molecular weight is 756 g/mol. The molecule has 2 aromatic heterocycles. The van der Waals surface area contributed by atoms with Crippen LogP contribution in [0.4, 0.5) is 21.9 Å². The number of likely N-dealkylation sites (N-methyl/N-ethyl adjacent to an activating group) is 1. The Bertz CT molecular complexity index is 2350. The van der Waals surface area contributed by atoms with Gasteiger partial charge in [0.05, 0.1) is 22.9 Å². The van der Waals surface area contributed by atoms with Gasteiger partial charge >= 0.3 is 6.03 Å². The number of aromatic amines is 1. The number of rotatable bonds is 14. The van der Waals surface area contributed by atoms with Gasteiger partial charge < -0.3 is 36.5 Å².